The fourth-order valence-corrected chi connectivity index (χ4v) is 3.68. The summed E-state index contributed by atoms with van der Waals surface area (Å²) in [5, 5.41) is 4.54. The van der Waals surface area contributed by atoms with Crippen molar-refractivity contribution in [3.63, 3.8) is 0 Å². The van der Waals surface area contributed by atoms with E-state index in [0.29, 0.717) is 35.8 Å². The van der Waals surface area contributed by atoms with E-state index in [1.807, 2.05) is 24.3 Å². The van der Waals surface area contributed by atoms with Crippen LogP contribution < -0.4 is 4.74 Å². The zero-order chi connectivity index (χ0) is 18.4. The molecule has 0 N–H and O–H groups in total. The molecule has 1 atom stereocenters. The van der Waals surface area contributed by atoms with Gasteiger partial charge in [0.25, 0.3) is 5.78 Å². The van der Waals surface area contributed by atoms with Crippen molar-refractivity contribution in [2.45, 2.75) is 18.8 Å². The van der Waals surface area contributed by atoms with Gasteiger partial charge >= 0.3 is 0 Å². The van der Waals surface area contributed by atoms with Crippen molar-refractivity contribution < 1.29 is 13.9 Å². The first-order chi connectivity index (χ1) is 13.2. The molecule has 0 aliphatic heterocycles. The topological polar surface area (TPSA) is 82.5 Å². The fourth-order valence-electron chi connectivity index (χ4n) is 3.68. The molecule has 1 aliphatic carbocycles. The van der Waals surface area contributed by atoms with Gasteiger partial charge in [0.1, 0.15) is 5.75 Å². The van der Waals surface area contributed by atoms with E-state index in [9.17, 15) is 4.79 Å². The Morgan fingerprint density at radius 3 is 2.89 bits per heavy atom. The van der Waals surface area contributed by atoms with Crippen molar-refractivity contribution in [2.24, 2.45) is 0 Å². The molecule has 5 rings (SSSR count). The van der Waals surface area contributed by atoms with Crippen LogP contribution in [0.15, 0.2) is 53.3 Å². The van der Waals surface area contributed by atoms with E-state index in [1.165, 1.54) is 0 Å². The number of ether oxygens (including phenoxy) is 1. The lowest BCUT2D eigenvalue weighted by Crippen LogP contribution is -2.22. The molecule has 134 valence electrons. The monoisotopic (exact) mass is 360 g/mol. The first-order valence-corrected chi connectivity index (χ1v) is 8.69. The summed E-state index contributed by atoms with van der Waals surface area (Å²) < 4.78 is 12.5. The maximum Gasteiger partial charge on any atom is 0.253 e. The highest BCUT2D eigenvalue weighted by molar-refractivity contribution is 5.98. The van der Waals surface area contributed by atoms with Crippen molar-refractivity contribution in [2.75, 3.05) is 7.11 Å². The van der Waals surface area contributed by atoms with Gasteiger partial charge < -0.3 is 9.15 Å². The van der Waals surface area contributed by atoms with E-state index in [4.69, 9.17) is 9.15 Å². The molecule has 1 aliphatic rings. The number of para-hydroxylation sites is 1. The molecule has 7 nitrogen and oxygen atoms in total. The van der Waals surface area contributed by atoms with Gasteiger partial charge in [-0.2, -0.15) is 9.50 Å². The second-order valence-corrected chi connectivity index (χ2v) is 6.51. The van der Waals surface area contributed by atoms with Crippen LogP contribution in [-0.4, -0.2) is 32.5 Å². The van der Waals surface area contributed by atoms with E-state index >= 15 is 0 Å². The number of aromatic nitrogens is 4. The normalized spacial score (nSPS) is 16.5. The summed E-state index contributed by atoms with van der Waals surface area (Å²) in [5.74, 6) is 2.33. The molecule has 0 spiro atoms. The lowest BCUT2D eigenvalue weighted by molar-refractivity contribution is 0.0961. The molecule has 0 saturated carbocycles. The van der Waals surface area contributed by atoms with E-state index in [2.05, 4.69) is 15.1 Å². The molecule has 0 fully saturated rings. The minimum absolute atomic E-state index is 0.0167. The van der Waals surface area contributed by atoms with Gasteiger partial charge in [0.2, 0.25) is 5.82 Å². The molecule has 0 amide bonds. The number of nitrogens with zero attached hydrogens (tertiary/aromatic N) is 4. The van der Waals surface area contributed by atoms with Crippen LogP contribution in [0.5, 0.6) is 5.75 Å². The average molecular weight is 360 g/mol. The third-order valence-corrected chi connectivity index (χ3v) is 4.96. The molecule has 27 heavy (non-hydrogen) atoms. The number of hydrogen-bond acceptors (Lipinski definition) is 6. The van der Waals surface area contributed by atoms with Gasteiger partial charge in [0.05, 0.1) is 24.6 Å². The third-order valence-electron chi connectivity index (χ3n) is 4.96. The number of carbonyl (C=O) groups excluding carboxylic acids is 1. The van der Waals surface area contributed by atoms with Gasteiger partial charge in [-0.3, -0.25) is 4.79 Å². The van der Waals surface area contributed by atoms with Crippen LogP contribution in [0.3, 0.4) is 0 Å². The van der Waals surface area contributed by atoms with Crippen molar-refractivity contribution >= 4 is 11.6 Å². The molecule has 0 radical (unpaired) electrons. The number of hydrogen-bond donors (Lipinski definition) is 0. The maximum absolute atomic E-state index is 12.8. The van der Waals surface area contributed by atoms with Crippen LogP contribution >= 0.6 is 0 Å². The van der Waals surface area contributed by atoms with Crippen LogP contribution in [0.2, 0.25) is 0 Å². The standard InChI is InChI=1S/C20H16N4O3/c1-26-17-6-3-2-5-13(17)12-9-15-14(16(25)10-12)11-21-20-22-19(23-24(15)20)18-7-4-8-27-18/h2-8,11-12H,9-10H2,1H3. The lowest BCUT2D eigenvalue weighted by Gasteiger charge is -2.25. The van der Waals surface area contributed by atoms with Gasteiger partial charge in [-0.25, -0.2) is 4.98 Å². The summed E-state index contributed by atoms with van der Waals surface area (Å²) in [4.78, 5) is 21.5. The molecule has 3 heterocycles. The SMILES string of the molecule is COc1ccccc1C1CC(=O)c2cnc3nc(-c4ccco4)nn3c2C1. The Kier molecular flexibility index (Phi) is 3.53. The highest BCUT2D eigenvalue weighted by atomic mass is 16.5. The van der Waals surface area contributed by atoms with Gasteiger partial charge in [-0.1, -0.05) is 18.2 Å². The number of carbonyl (C=O) groups is 1. The summed E-state index contributed by atoms with van der Waals surface area (Å²) in [5.41, 5.74) is 2.44. The summed E-state index contributed by atoms with van der Waals surface area (Å²) in [7, 11) is 1.65. The third kappa shape index (κ3) is 2.51. The number of benzene rings is 1. The predicted octanol–water partition coefficient (Wildman–Crippen LogP) is 3.31. The summed E-state index contributed by atoms with van der Waals surface area (Å²) >= 11 is 0. The Balaban J connectivity index is 1.63. The van der Waals surface area contributed by atoms with Crippen molar-refractivity contribution in [3.8, 4) is 17.3 Å². The first kappa shape index (κ1) is 15.7. The minimum atomic E-state index is 0.0167. The molecule has 0 bridgehead atoms. The summed E-state index contributed by atoms with van der Waals surface area (Å²) in [6.07, 6.45) is 4.25. The smallest absolute Gasteiger partial charge is 0.253 e. The largest absolute Gasteiger partial charge is 0.496 e. The van der Waals surface area contributed by atoms with Gasteiger partial charge in [0, 0.05) is 18.5 Å². The van der Waals surface area contributed by atoms with E-state index in [-0.39, 0.29) is 11.7 Å². The van der Waals surface area contributed by atoms with Crippen molar-refractivity contribution in [3.05, 3.63) is 65.7 Å². The number of methoxy groups -OCH3 is 1. The van der Waals surface area contributed by atoms with Gasteiger partial charge in [-0.15, -0.1) is 5.10 Å². The van der Waals surface area contributed by atoms with Crippen LogP contribution in [0.4, 0.5) is 0 Å². The highest BCUT2D eigenvalue weighted by Crippen LogP contribution is 2.36. The molecular formula is C20H16N4O3. The number of Topliss-reactive ketones (excluding diaryl/α,β-unsaturated/α-hetero) is 1. The fraction of sp³-hybridized carbons (Fsp3) is 0.200. The van der Waals surface area contributed by atoms with Gasteiger partial charge in [0.15, 0.2) is 11.5 Å². The van der Waals surface area contributed by atoms with Crippen LogP contribution in [0, 0.1) is 0 Å². The molecule has 3 aromatic heterocycles. The molecular weight excluding hydrogens is 344 g/mol. The Labute approximate surface area is 154 Å². The quantitative estimate of drug-likeness (QED) is 0.557. The number of furan rings is 1. The Hall–Kier alpha value is -3.48. The van der Waals surface area contributed by atoms with Crippen molar-refractivity contribution in [1.29, 1.82) is 0 Å². The minimum Gasteiger partial charge on any atom is -0.496 e. The molecule has 1 aromatic carbocycles. The molecule has 4 aromatic rings. The summed E-state index contributed by atoms with van der Waals surface area (Å²) in [6, 6.07) is 11.4. The van der Waals surface area contributed by atoms with E-state index < -0.39 is 0 Å². The Bertz CT molecular complexity index is 1150. The Morgan fingerprint density at radius 2 is 2.07 bits per heavy atom. The average Bonchev–Trinajstić information content (AvgIpc) is 3.37. The lowest BCUT2D eigenvalue weighted by atomic mass is 9.82. The second kappa shape index (κ2) is 6.05. The Morgan fingerprint density at radius 1 is 1.19 bits per heavy atom. The molecule has 0 saturated heterocycles. The first-order valence-electron chi connectivity index (χ1n) is 8.69. The predicted molar refractivity (Wildman–Crippen MR) is 96.9 cm³/mol. The highest BCUT2D eigenvalue weighted by Gasteiger charge is 2.31. The number of fused-ring (bicyclic) bond motifs is 3. The van der Waals surface area contributed by atoms with Crippen molar-refractivity contribution in [1.82, 2.24) is 19.6 Å². The van der Waals surface area contributed by atoms with Crippen LogP contribution in [0.1, 0.15) is 34.0 Å². The van der Waals surface area contributed by atoms with Crippen LogP contribution in [-0.2, 0) is 6.42 Å². The maximum atomic E-state index is 12.8. The number of rotatable bonds is 3. The van der Waals surface area contributed by atoms with E-state index in [0.717, 1.165) is 17.0 Å². The van der Waals surface area contributed by atoms with Gasteiger partial charge in [-0.05, 0) is 30.2 Å². The molecule has 1 unspecified atom stereocenters. The van der Waals surface area contributed by atoms with Crippen LogP contribution in [0.25, 0.3) is 17.4 Å². The zero-order valence-electron chi connectivity index (χ0n) is 14.6. The van der Waals surface area contributed by atoms with E-state index in [1.54, 1.807) is 36.2 Å². The summed E-state index contributed by atoms with van der Waals surface area (Å²) in [6.45, 7) is 0. The molecule has 7 heteroatoms. The zero-order valence-corrected chi connectivity index (χ0v) is 14.6. The number of ketones is 1. The second-order valence-electron chi connectivity index (χ2n) is 6.51.